The van der Waals surface area contributed by atoms with Gasteiger partial charge >= 0.3 is 0 Å². The van der Waals surface area contributed by atoms with Crippen LogP contribution in [-0.4, -0.2) is 21.6 Å². The van der Waals surface area contributed by atoms with Crippen LogP contribution in [0.1, 0.15) is 23.5 Å². The molecule has 0 aliphatic carbocycles. The third-order valence-electron chi connectivity index (χ3n) is 3.61. The van der Waals surface area contributed by atoms with Crippen molar-refractivity contribution in [1.82, 2.24) is 9.97 Å². The molecule has 0 bridgehead atoms. The van der Waals surface area contributed by atoms with E-state index in [1.807, 2.05) is 0 Å². The molecule has 1 amide bonds. The number of halogens is 2. The van der Waals surface area contributed by atoms with E-state index in [-0.39, 0.29) is 28.2 Å². The maximum absolute atomic E-state index is 13.5. The standard InChI is InChI=1S/C16H13BrFN3O2S/c1-2-5-24-16-20-14-13(15(23)21-16)9(7-12(22)19-14)8-3-4-11(18)10(17)6-8/h2-4,6,9H,1,5,7H2,(H2,19,20,21,22,23)/t9-/m1/s1. The van der Waals surface area contributed by atoms with E-state index >= 15 is 0 Å². The molecule has 2 N–H and O–H groups in total. The highest BCUT2D eigenvalue weighted by Crippen LogP contribution is 2.35. The van der Waals surface area contributed by atoms with Gasteiger partial charge < -0.3 is 10.3 Å². The van der Waals surface area contributed by atoms with Crippen LogP contribution in [-0.2, 0) is 4.79 Å². The minimum Gasteiger partial charge on any atom is -0.310 e. The molecule has 1 atom stereocenters. The molecule has 24 heavy (non-hydrogen) atoms. The molecule has 5 nitrogen and oxygen atoms in total. The number of thioether (sulfide) groups is 1. The normalized spacial score (nSPS) is 16.4. The number of fused-ring (bicyclic) bond motifs is 1. The van der Waals surface area contributed by atoms with E-state index in [1.165, 1.54) is 17.8 Å². The number of nitrogens with one attached hydrogen (secondary N) is 2. The minimum absolute atomic E-state index is 0.106. The fraction of sp³-hybridized carbons (Fsp3) is 0.188. The van der Waals surface area contributed by atoms with Crippen LogP contribution >= 0.6 is 27.7 Å². The highest BCUT2D eigenvalue weighted by molar-refractivity contribution is 9.10. The van der Waals surface area contributed by atoms with E-state index in [1.54, 1.807) is 18.2 Å². The maximum Gasteiger partial charge on any atom is 0.257 e. The highest BCUT2D eigenvalue weighted by atomic mass is 79.9. The first kappa shape index (κ1) is 16.9. The van der Waals surface area contributed by atoms with Gasteiger partial charge in [-0.2, -0.15) is 0 Å². The maximum atomic E-state index is 13.5. The van der Waals surface area contributed by atoms with Crippen LogP contribution in [0.15, 0.2) is 45.3 Å². The van der Waals surface area contributed by atoms with Gasteiger partial charge in [0, 0.05) is 18.1 Å². The quantitative estimate of drug-likeness (QED) is 0.460. The molecule has 1 aromatic carbocycles. The van der Waals surface area contributed by atoms with Crippen molar-refractivity contribution in [1.29, 1.82) is 0 Å². The fourth-order valence-corrected chi connectivity index (χ4v) is 3.56. The average Bonchev–Trinajstić information content (AvgIpc) is 2.54. The molecule has 0 spiro atoms. The largest absolute Gasteiger partial charge is 0.310 e. The molecule has 124 valence electrons. The van der Waals surface area contributed by atoms with Crippen molar-refractivity contribution in [3.8, 4) is 0 Å². The van der Waals surface area contributed by atoms with Crippen LogP contribution in [0.25, 0.3) is 0 Å². The van der Waals surface area contributed by atoms with E-state index in [4.69, 9.17) is 0 Å². The third kappa shape index (κ3) is 3.29. The van der Waals surface area contributed by atoms with Crippen LogP contribution in [0.4, 0.5) is 10.2 Å². The van der Waals surface area contributed by atoms with Crippen LogP contribution in [0.3, 0.4) is 0 Å². The molecule has 1 aromatic heterocycles. The Balaban J connectivity index is 2.09. The highest BCUT2D eigenvalue weighted by Gasteiger charge is 2.31. The summed E-state index contributed by atoms with van der Waals surface area (Å²) in [5.41, 5.74) is 0.756. The molecule has 0 unspecified atom stereocenters. The number of carbonyl (C=O) groups is 1. The van der Waals surface area contributed by atoms with Crippen LogP contribution in [0, 0.1) is 5.82 Å². The summed E-state index contributed by atoms with van der Waals surface area (Å²) in [5, 5.41) is 3.06. The number of H-pyrrole nitrogens is 1. The Kier molecular flexibility index (Phi) is 4.86. The summed E-state index contributed by atoms with van der Waals surface area (Å²) in [4.78, 5) is 31.6. The van der Waals surface area contributed by atoms with Crippen molar-refractivity contribution in [3.63, 3.8) is 0 Å². The zero-order valence-electron chi connectivity index (χ0n) is 12.4. The average molecular weight is 410 g/mol. The summed E-state index contributed by atoms with van der Waals surface area (Å²) >= 11 is 4.45. The fourth-order valence-electron chi connectivity index (χ4n) is 2.57. The number of carbonyl (C=O) groups excluding carboxylic acids is 1. The van der Waals surface area contributed by atoms with Crippen LogP contribution in [0.2, 0.25) is 0 Å². The van der Waals surface area contributed by atoms with Gasteiger partial charge in [-0.15, -0.1) is 6.58 Å². The van der Waals surface area contributed by atoms with Crippen molar-refractivity contribution in [3.05, 3.63) is 62.6 Å². The van der Waals surface area contributed by atoms with Gasteiger partial charge in [-0.1, -0.05) is 23.9 Å². The first-order chi connectivity index (χ1) is 11.5. The summed E-state index contributed by atoms with van der Waals surface area (Å²) in [6.07, 6.45) is 1.80. The summed E-state index contributed by atoms with van der Waals surface area (Å²) in [5.74, 6) is -0.259. The molecular weight excluding hydrogens is 397 g/mol. The Bertz CT molecular complexity index is 884. The molecule has 0 saturated heterocycles. The van der Waals surface area contributed by atoms with Crippen molar-refractivity contribution in [2.24, 2.45) is 0 Å². The zero-order valence-corrected chi connectivity index (χ0v) is 14.8. The van der Waals surface area contributed by atoms with Crippen molar-refractivity contribution < 1.29 is 9.18 Å². The lowest BCUT2D eigenvalue weighted by molar-refractivity contribution is -0.116. The second-order valence-corrected chi connectivity index (χ2v) is 7.07. The molecule has 3 rings (SSSR count). The molecule has 2 heterocycles. The molecule has 8 heteroatoms. The van der Waals surface area contributed by atoms with Gasteiger partial charge in [0.2, 0.25) is 5.91 Å². The van der Waals surface area contributed by atoms with Gasteiger partial charge in [0.1, 0.15) is 11.6 Å². The summed E-state index contributed by atoms with van der Waals surface area (Å²) in [7, 11) is 0. The van der Waals surface area contributed by atoms with Crippen molar-refractivity contribution in [2.75, 3.05) is 11.1 Å². The lowest BCUT2D eigenvalue weighted by atomic mass is 9.87. The predicted octanol–water partition coefficient (Wildman–Crippen LogP) is 3.42. The Morgan fingerprint density at radius 1 is 1.46 bits per heavy atom. The first-order valence-corrected chi connectivity index (χ1v) is 8.90. The number of nitrogens with zero attached hydrogens (tertiary/aromatic N) is 1. The SMILES string of the molecule is C=CCSc1nc2c(c(=O)[nH]1)[C@@H](c1ccc(F)c(Br)c1)CC(=O)N2. The molecule has 1 aliphatic heterocycles. The predicted molar refractivity (Wildman–Crippen MR) is 95.0 cm³/mol. The Morgan fingerprint density at radius 3 is 2.96 bits per heavy atom. The lowest BCUT2D eigenvalue weighted by Gasteiger charge is -2.24. The molecule has 1 aliphatic rings. The number of benzene rings is 1. The lowest BCUT2D eigenvalue weighted by Crippen LogP contribution is -2.31. The van der Waals surface area contributed by atoms with Gasteiger partial charge in [-0.3, -0.25) is 9.59 Å². The van der Waals surface area contributed by atoms with Gasteiger partial charge in [-0.25, -0.2) is 9.37 Å². The topological polar surface area (TPSA) is 74.8 Å². The number of rotatable bonds is 4. The van der Waals surface area contributed by atoms with Gasteiger partial charge in [0.25, 0.3) is 5.56 Å². The van der Waals surface area contributed by atoms with E-state index in [0.29, 0.717) is 22.0 Å². The summed E-state index contributed by atoms with van der Waals surface area (Å²) < 4.78 is 13.8. The third-order valence-corrected chi connectivity index (χ3v) is 5.09. The minimum atomic E-state index is -0.472. The molecule has 0 radical (unpaired) electrons. The molecule has 2 aromatic rings. The number of hydrogen-bond acceptors (Lipinski definition) is 4. The Morgan fingerprint density at radius 2 is 2.25 bits per heavy atom. The number of amides is 1. The van der Waals surface area contributed by atoms with E-state index in [9.17, 15) is 14.0 Å². The van der Waals surface area contributed by atoms with Crippen molar-refractivity contribution >= 4 is 39.4 Å². The van der Waals surface area contributed by atoms with Gasteiger partial charge in [0.05, 0.1) is 10.0 Å². The van der Waals surface area contributed by atoms with E-state index in [0.717, 1.165) is 0 Å². The molecule has 0 saturated carbocycles. The number of aromatic nitrogens is 2. The Labute approximate surface area is 149 Å². The Hall–Kier alpha value is -1.93. The van der Waals surface area contributed by atoms with Gasteiger partial charge in [0.15, 0.2) is 5.16 Å². The zero-order chi connectivity index (χ0) is 17.3. The smallest absolute Gasteiger partial charge is 0.257 e. The molecular formula is C16H13BrFN3O2S. The van der Waals surface area contributed by atoms with E-state index < -0.39 is 11.7 Å². The second-order valence-electron chi connectivity index (χ2n) is 5.21. The summed E-state index contributed by atoms with van der Waals surface area (Å²) in [6.45, 7) is 3.62. The summed E-state index contributed by atoms with van der Waals surface area (Å²) in [6, 6.07) is 4.47. The first-order valence-electron chi connectivity index (χ1n) is 7.12. The second kappa shape index (κ2) is 6.90. The van der Waals surface area contributed by atoms with Crippen LogP contribution in [0.5, 0.6) is 0 Å². The van der Waals surface area contributed by atoms with E-state index in [2.05, 4.69) is 37.8 Å². The number of anilines is 1. The monoisotopic (exact) mass is 409 g/mol. The van der Waals surface area contributed by atoms with Gasteiger partial charge in [-0.05, 0) is 33.6 Å². The van der Waals surface area contributed by atoms with Crippen LogP contribution < -0.4 is 10.9 Å². The van der Waals surface area contributed by atoms with Crippen molar-refractivity contribution in [2.45, 2.75) is 17.5 Å². The number of aromatic amines is 1. The molecule has 0 fully saturated rings. The number of hydrogen-bond donors (Lipinski definition) is 2.